The monoisotopic (exact) mass is 211 g/mol. The molecule has 0 amide bonds. The van der Waals surface area contributed by atoms with Crippen LogP contribution in [0.4, 0.5) is 5.69 Å². The number of rotatable bonds is 1. The summed E-state index contributed by atoms with van der Waals surface area (Å²) in [6.45, 7) is 0.519. The number of anilines is 1. The Hall–Kier alpha value is -1.22. The molecule has 1 heterocycles. The number of fused-ring (bicyclic) bond motifs is 1. The Morgan fingerprint density at radius 1 is 1.64 bits per heavy atom. The van der Waals surface area contributed by atoms with Gasteiger partial charge in [0.25, 0.3) is 0 Å². The third-order valence-electron chi connectivity index (χ3n) is 2.53. The molecule has 1 N–H and O–H groups in total. The van der Waals surface area contributed by atoms with Gasteiger partial charge in [-0.3, -0.25) is 4.79 Å². The second-order valence-electron chi connectivity index (χ2n) is 3.47. The predicted octanol–water partition coefficient (Wildman–Crippen LogP) is 1.96. The van der Waals surface area contributed by atoms with E-state index >= 15 is 0 Å². The summed E-state index contributed by atoms with van der Waals surface area (Å²) in [6.07, 6.45) is 0. The van der Waals surface area contributed by atoms with Crippen molar-refractivity contribution in [3.8, 4) is 0 Å². The quantitative estimate of drug-likeness (QED) is 0.772. The zero-order chi connectivity index (χ0) is 10.3. The van der Waals surface area contributed by atoms with Crippen LogP contribution in [0.1, 0.15) is 11.5 Å². The average Bonchev–Trinajstić information content (AvgIpc) is 2.43. The van der Waals surface area contributed by atoms with E-state index in [0.717, 1.165) is 11.3 Å². The standard InChI is InChI=1S/C10H10ClNO2/c1-12-5-8(10(13)14)7-4-6(11)2-3-9(7)12/h2-4,8H,5H2,1H3,(H,13,14). The van der Waals surface area contributed by atoms with Gasteiger partial charge in [0, 0.05) is 24.3 Å². The van der Waals surface area contributed by atoms with Crippen molar-refractivity contribution in [1.82, 2.24) is 0 Å². The molecule has 14 heavy (non-hydrogen) atoms. The number of carboxylic acids is 1. The van der Waals surface area contributed by atoms with Crippen molar-refractivity contribution in [3.63, 3.8) is 0 Å². The summed E-state index contributed by atoms with van der Waals surface area (Å²) < 4.78 is 0. The van der Waals surface area contributed by atoms with Gasteiger partial charge in [-0.25, -0.2) is 0 Å². The fraction of sp³-hybridized carbons (Fsp3) is 0.300. The van der Waals surface area contributed by atoms with Gasteiger partial charge in [0.1, 0.15) is 5.92 Å². The predicted molar refractivity (Wildman–Crippen MR) is 55.1 cm³/mol. The van der Waals surface area contributed by atoms with Crippen LogP contribution in [0.15, 0.2) is 18.2 Å². The molecule has 1 aliphatic heterocycles. The van der Waals surface area contributed by atoms with Crippen molar-refractivity contribution in [2.45, 2.75) is 5.92 Å². The van der Waals surface area contributed by atoms with Gasteiger partial charge in [-0.2, -0.15) is 0 Å². The second kappa shape index (κ2) is 3.17. The largest absolute Gasteiger partial charge is 0.481 e. The maximum Gasteiger partial charge on any atom is 0.312 e. The van der Waals surface area contributed by atoms with Gasteiger partial charge in [0.05, 0.1) is 0 Å². The van der Waals surface area contributed by atoms with E-state index in [2.05, 4.69) is 0 Å². The molecule has 0 saturated heterocycles. The topological polar surface area (TPSA) is 40.5 Å². The van der Waals surface area contributed by atoms with Gasteiger partial charge < -0.3 is 10.0 Å². The molecule has 0 bridgehead atoms. The van der Waals surface area contributed by atoms with E-state index in [0.29, 0.717) is 11.6 Å². The summed E-state index contributed by atoms with van der Waals surface area (Å²) in [5.41, 5.74) is 1.77. The SMILES string of the molecule is CN1CC(C(=O)O)c2cc(Cl)ccc21. The first kappa shape index (κ1) is 9.34. The highest BCUT2D eigenvalue weighted by molar-refractivity contribution is 6.30. The van der Waals surface area contributed by atoms with Crippen molar-refractivity contribution < 1.29 is 9.90 Å². The maximum absolute atomic E-state index is 11.0. The minimum Gasteiger partial charge on any atom is -0.481 e. The lowest BCUT2D eigenvalue weighted by Gasteiger charge is -2.10. The minimum absolute atomic E-state index is 0.450. The number of benzene rings is 1. The van der Waals surface area contributed by atoms with Crippen LogP contribution in [0.5, 0.6) is 0 Å². The molecule has 0 spiro atoms. The number of carbonyl (C=O) groups is 1. The van der Waals surface area contributed by atoms with Crippen molar-refractivity contribution in [3.05, 3.63) is 28.8 Å². The Bertz CT molecular complexity index is 392. The fourth-order valence-corrected chi connectivity index (χ4v) is 2.01. The van der Waals surface area contributed by atoms with E-state index < -0.39 is 11.9 Å². The van der Waals surface area contributed by atoms with Crippen LogP contribution in [-0.4, -0.2) is 24.7 Å². The first-order valence-corrected chi connectivity index (χ1v) is 4.71. The highest BCUT2D eigenvalue weighted by Crippen LogP contribution is 2.36. The Kier molecular flexibility index (Phi) is 2.11. The molecule has 2 rings (SSSR count). The van der Waals surface area contributed by atoms with Crippen molar-refractivity contribution in [2.75, 3.05) is 18.5 Å². The molecule has 1 atom stereocenters. The minimum atomic E-state index is -0.794. The van der Waals surface area contributed by atoms with E-state index in [1.807, 2.05) is 18.0 Å². The molecule has 3 nitrogen and oxygen atoms in total. The van der Waals surface area contributed by atoms with Crippen LogP contribution in [0.25, 0.3) is 0 Å². The smallest absolute Gasteiger partial charge is 0.312 e. The Labute approximate surface area is 86.9 Å². The second-order valence-corrected chi connectivity index (χ2v) is 3.91. The molecule has 1 unspecified atom stereocenters. The summed E-state index contributed by atoms with van der Waals surface area (Å²) >= 11 is 5.83. The van der Waals surface area contributed by atoms with Crippen LogP contribution in [0.3, 0.4) is 0 Å². The molecular weight excluding hydrogens is 202 g/mol. The highest BCUT2D eigenvalue weighted by Gasteiger charge is 2.31. The lowest BCUT2D eigenvalue weighted by molar-refractivity contribution is -0.138. The molecule has 1 aromatic rings. The number of nitrogens with zero attached hydrogens (tertiary/aromatic N) is 1. The molecule has 1 aromatic carbocycles. The lowest BCUT2D eigenvalue weighted by atomic mass is 10.0. The average molecular weight is 212 g/mol. The van der Waals surface area contributed by atoms with Gasteiger partial charge in [0.2, 0.25) is 0 Å². The molecule has 0 radical (unpaired) electrons. The summed E-state index contributed by atoms with van der Waals surface area (Å²) in [7, 11) is 1.88. The van der Waals surface area contributed by atoms with Crippen LogP contribution in [0.2, 0.25) is 5.02 Å². The van der Waals surface area contributed by atoms with Gasteiger partial charge >= 0.3 is 5.97 Å². The van der Waals surface area contributed by atoms with Crippen molar-refractivity contribution >= 4 is 23.3 Å². The van der Waals surface area contributed by atoms with Crippen LogP contribution >= 0.6 is 11.6 Å². The zero-order valence-electron chi connectivity index (χ0n) is 7.70. The van der Waals surface area contributed by atoms with Crippen molar-refractivity contribution in [1.29, 1.82) is 0 Å². The number of aliphatic carboxylic acids is 1. The summed E-state index contributed by atoms with van der Waals surface area (Å²) in [5.74, 6) is -1.24. The zero-order valence-corrected chi connectivity index (χ0v) is 8.45. The van der Waals surface area contributed by atoms with E-state index in [1.54, 1.807) is 12.1 Å². The van der Waals surface area contributed by atoms with Gasteiger partial charge in [0.15, 0.2) is 0 Å². The van der Waals surface area contributed by atoms with E-state index in [-0.39, 0.29) is 0 Å². The third-order valence-corrected chi connectivity index (χ3v) is 2.77. The van der Waals surface area contributed by atoms with E-state index in [4.69, 9.17) is 16.7 Å². The number of hydrogen-bond donors (Lipinski definition) is 1. The molecule has 4 heteroatoms. The summed E-state index contributed by atoms with van der Waals surface area (Å²) in [6, 6.07) is 5.38. The molecule has 1 aliphatic rings. The normalized spacial score (nSPS) is 19.6. The lowest BCUT2D eigenvalue weighted by Crippen LogP contribution is -2.19. The maximum atomic E-state index is 11.0. The Morgan fingerprint density at radius 3 is 3.00 bits per heavy atom. The molecular formula is C10H10ClNO2. The third kappa shape index (κ3) is 1.34. The Balaban J connectivity index is 2.51. The number of hydrogen-bond acceptors (Lipinski definition) is 2. The Morgan fingerprint density at radius 2 is 2.36 bits per heavy atom. The molecule has 0 saturated carbocycles. The van der Waals surface area contributed by atoms with Crippen molar-refractivity contribution in [2.24, 2.45) is 0 Å². The number of halogens is 1. The molecule has 0 aliphatic carbocycles. The van der Waals surface area contributed by atoms with Crippen LogP contribution in [0, 0.1) is 0 Å². The summed E-state index contributed by atoms with van der Waals surface area (Å²) in [5, 5.41) is 9.59. The van der Waals surface area contributed by atoms with Crippen LogP contribution in [-0.2, 0) is 4.79 Å². The van der Waals surface area contributed by atoms with E-state index in [9.17, 15) is 4.79 Å². The molecule has 74 valence electrons. The molecule has 0 aromatic heterocycles. The number of likely N-dealkylation sites (N-methyl/N-ethyl adjacent to an activating group) is 1. The van der Waals surface area contributed by atoms with Gasteiger partial charge in [-0.1, -0.05) is 11.6 Å². The number of carboxylic acid groups (broad SMARTS) is 1. The molecule has 0 fully saturated rings. The first-order valence-electron chi connectivity index (χ1n) is 4.33. The van der Waals surface area contributed by atoms with E-state index in [1.165, 1.54) is 0 Å². The first-order chi connectivity index (χ1) is 6.59. The van der Waals surface area contributed by atoms with Crippen LogP contribution < -0.4 is 4.90 Å². The highest BCUT2D eigenvalue weighted by atomic mass is 35.5. The summed E-state index contributed by atoms with van der Waals surface area (Å²) in [4.78, 5) is 12.9. The fourth-order valence-electron chi connectivity index (χ4n) is 1.83. The van der Waals surface area contributed by atoms with Gasteiger partial charge in [-0.15, -0.1) is 0 Å². The van der Waals surface area contributed by atoms with Gasteiger partial charge in [-0.05, 0) is 23.8 Å².